The van der Waals surface area contributed by atoms with E-state index in [0.717, 1.165) is 12.8 Å². The molecule has 3 N–H and O–H groups in total. The van der Waals surface area contributed by atoms with E-state index < -0.39 is 6.16 Å². The first kappa shape index (κ1) is 13.6. The van der Waals surface area contributed by atoms with Gasteiger partial charge in [-0.15, -0.1) is 0 Å². The van der Waals surface area contributed by atoms with Crippen molar-refractivity contribution in [2.24, 2.45) is 0 Å². The van der Waals surface area contributed by atoms with E-state index in [4.69, 9.17) is 15.0 Å². The molecule has 0 aromatic rings. The Morgan fingerprint density at radius 2 is 1.93 bits per heavy atom. The molecule has 1 unspecified atom stereocenters. The van der Waals surface area contributed by atoms with Crippen LogP contribution in [0.1, 0.15) is 26.2 Å². The standard InChI is InChI=1S/C8H16N2O.CH2O3/c1-3-4-5-8-9(2)6-7-10(8)11;2-1(3)4/h6-8,11H,3-5H2,1-2H3;(H2,2,3,4). The van der Waals surface area contributed by atoms with E-state index in [-0.39, 0.29) is 6.17 Å². The van der Waals surface area contributed by atoms with E-state index in [1.165, 1.54) is 11.5 Å². The Kier molecular flexibility index (Phi) is 6.28. The Labute approximate surface area is 89.0 Å². The fourth-order valence-electron chi connectivity index (χ4n) is 1.28. The zero-order valence-electron chi connectivity index (χ0n) is 9.00. The van der Waals surface area contributed by atoms with Crippen molar-refractivity contribution >= 4 is 6.16 Å². The van der Waals surface area contributed by atoms with Crippen LogP contribution in [0.5, 0.6) is 0 Å². The molecule has 1 aliphatic rings. The van der Waals surface area contributed by atoms with Crippen molar-refractivity contribution in [1.82, 2.24) is 9.96 Å². The zero-order chi connectivity index (χ0) is 11.8. The normalized spacial score (nSPS) is 18.7. The summed E-state index contributed by atoms with van der Waals surface area (Å²) in [4.78, 5) is 10.6. The van der Waals surface area contributed by atoms with Gasteiger partial charge in [-0.1, -0.05) is 13.3 Å². The molecule has 1 rings (SSSR count). The molecular formula is C9H18N2O4. The molecule has 0 bridgehead atoms. The monoisotopic (exact) mass is 218 g/mol. The van der Waals surface area contributed by atoms with Crippen molar-refractivity contribution in [3.05, 3.63) is 12.4 Å². The van der Waals surface area contributed by atoms with Crippen LogP contribution in [0, 0.1) is 0 Å². The Balaban J connectivity index is 0.000000423. The summed E-state index contributed by atoms with van der Waals surface area (Å²) in [5, 5.41) is 24.5. The van der Waals surface area contributed by atoms with Gasteiger partial charge >= 0.3 is 6.16 Å². The van der Waals surface area contributed by atoms with Gasteiger partial charge in [-0.3, -0.25) is 5.21 Å². The molecule has 6 nitrogen and oxygen atoms in total. The third kappa shape index (κ3) is 5.79. The molecule has 1 heterocycles. The van der Waals surface area contributed by atoms with Crippen LogP contribution < -0.4 is 0 Å². The van der Waals surface area contributed by atoms with E-state index in [0.29, 0.717) is 0 Å². The molecule has 0 amide bonds. The van der Waals surface area contributed by atoms with Gasteiger partial charge in [0.05, 0.1) is 0 Å². The number of rotatable bonds is 3. The number of hydroxylamine groups is 2. The number of hydrogen-bond acceptors (Lipinski definition) is 4. The lowest BCUT2D eigenvalue weighted by Crippen LogP contribution is -2.34. The Morgan fingerprint density at radius 1 is 1.40 bits per heavy atom. The lowest BCUT2D eigenvalue weighted by Gasteiger charge is -2.25. The molecule has 0 saturated carbocycles. The number of carboxylic acid groups (broad SMARTS) is 2. The summed E-state index contributed by atoms with van der Waals surface area (Å²) in [5.74, 6) is 0. The maximum Gasteiger partial charge on any atom is 0.503 e. The second kappa shape index (κ2) is 6.94. The van der Waals surface area contributed by atoms with Gasteiger partial charge in [-0.2, -0.15) is 0 Å². The van der Waals surface area contributed by atoms with E-state index in [9.17, 15) is 5.21 Å². The largest absolute Gasteiger partial charge is 0.503 e. The fourth-order valence-corrected chi connectivity index (χ4v) is 1.28. The maximum absolute atomic E-state index is 9.29. The number of unbranched alkanes of at least 4 members (excludes halogenated alkanes) is 1. The fraction of sp³-hybridized carbons (Fsp3) is 0.667. The lowest BCUT2D eigenvalue weighted by molar-refractivity contribution is -0.102. The Hall–Kier alpha value is -1.43. The SMILES string of the molecule is CCCCC1N(C)C=CN1O.O=C(O)O. The predicted molar refractivity (Wildman–Crippen MR) is 54.5 cm³/mol. The van der Waals surface area contributed by atoms with Crippen molar-refractivity contribution < 1.29 is 20.2 Å². The van der Waals surface area contributed by atoms with Gasteiger partial charge in [0.1, 0.15) is 6.17 Å². The molecule has 1 aliphatic heterocycles. The molecule has 6 heteroatoms. The molecular weight excluding hydrogens is 200 g/mol. The number of hydrogen-bond donors (Lipinski definition) is 3. The molecule has 0 aliphatic carbocycles. The van der Waals surface area contributed by atoms with E-state index >= 15 is 0 Å². The summed E-state index contributed by atoms with van der Waals surface area (Å²) in [7, 11) is 1.98. The van der Waals surface area contributed by atoms with Crippen LogP contribution in [-0.4, -0.2) is 44.8 Å². The molecule has 0 radical (unpaired) electrons. The van der Waals surface area contributed by atoms with Gasteiger partial charge in [0.15, 0.2) is 0 Å². The maximum atomic E-state index is 9.29. The van der Waals surface area contributed by atoms with Crippen LogP contribution in [0.4, 0.5) is 4.79 Å². The Bertz CT molecular complexity index is 204. The van der Waals surface area contributed by atoms with E-state index in [1.807, 2.05) is 18.1 Å². The summed E-state index contributed by atoms with van der Waals surface area (Å²) in [6.07, 6.45) is 5.28. The highest BCUT2D eigenvalue weighted by Gasteiger charge is 2.20. The highest BCUT2D eigenvalue weighted by Crippen LogP contribution is 2.16. The van der Waals surface area contributed by atoms with Crippen LogP contribution in [0.3, 0.4) is 0 Å². The van der Waals surface area contributed by atoms with Gasteiger partial charge in [-0.05, 0) is 12.8 Å². The molecule has 1 atom stereocenters. The predicted octanol–water partition coefficient (Wildman–Crippen LogP) is 1.83. The molecule has 15 heavy (non-hydrogen) atoms. The van der Waals surface area contributed by atoms with Crippen molar-refractivity contribution in [1.29, 1.82) is 0 Å². The summed E-state index contributed by atoms with van der Waals surface area (Å²) in [5.41, 5.74) is 0. The average Bonchev–Trinajstić information content (AvgIpc) is 2.43. The van der Waals surface area contributed by atoms with Gasteiger partial charge in [-0.25, -0.2) is 9.86 Å². The van der Waals surface area contributed by atoms with Crippen molar-refractivity contribution in [3.63, 3.8) is 0 Å². The van der Waals surface area contributed by atoms with Crippen LogP contribution in [-0.2, 0) is 0 Å². The van der Waals surface area contributed by atoms with Crippen molar-refractivity contribution in [3.8, 4) is 0 Å². The summed E-state index contributed by atoms with van der Waals surface area (Å²) in [6, 6.07) is 0. The highest BCUT2D eigenvalue weighted by molar-refractivity contribution is 5.53. The van der Waals surface area contributed by atoms with Crippen molar-refractivity contribution in [2.75, 3.05) is 7.05 Å². The molecule has 88 valence electrons. The summed E-state index contributed by atoms with van der Waals surface area (Å²) in [6.45, 7) is 2.16. The third-order valence-corrected chi connectivity index (χ3v) is 2.05. The minimum absolute atomic E-state index is 0.162. The number of carbonyl (C=O) groups is 1. The zero-order valence-corrected chi connectivity index (χ0v) is 9.00. The minimum Gasteiger partial charge on any atom is -0.450 e. The Morgan fingerprint density at radius 3 is 2.27 bits per heavy atom. The molecule has 0 aromatic heterocycles. The van der Waals surface area contributed by atoms with Gasteiger partial charge in [0.2, 0.25) is 0 Å². The first-order valence-electron chi connectivity index (χ1n) is 4.78. The van der Waals surface area contributed by atoms with Crippen LogP contribution >= 0.6 is 0 Å². The van der Waals surface area contributed by atoms with Crippen molar-refractivity contribution in [2.45, 2.75) is 32.4 Å². The average molecular weight is 218 g/mol. The summed E-state index contributed by atoms with van der Waals surface area (Å²) < 4.78 is 0. The second-order valence-corrected chi connectivity index (χ2v) is 3.25. The van der Waals surface area contributed by atoms with E-state index in [2.05, 4.69) is 6.92 Å². The molecule has 0 aromatic carbocycles. The molecule has 0 spiro atoms. The van der Waals surface area contributed by atoms with Crippen LogP contribution in [0.2, 0.25) is 0 Å². The van der Waals surface area contributed by atoms with Crippen LogP contribution in [0.15, 0.2) is 12.4 Å². The smallest absolute Gasteiger partial charge is 0.450 e. The molecule has 0 fully saturated rings. The first-order chi connectivity index (χ1) is 6.99. The van der Waals surface area contributed by atoms with Crippen LogP contribution in [0.25, 0.3) is 0 Å². The van der Waals surface area contributed by atoms with Gasteiger partial charge in [0, 0.05) is 19.4 Å². The summed E-state index contributed by atoms with van der Waals surface area (Å²) >= 11 is 0. The van der Waals surface area contributed by atoms with Gasteiger partial charge in [0.25, 0.3) is 0 Å². The van der Waals surface area contributed by atoms with Gasteiger partial charge < -0.3 is 15.1 Å². The topological polar surface area (TPSA) is 84.2 Å². The van der Waals surface area contributed by atoms with E-state index in [1.54, 1.807) is 6.20 Å². The number of nitrogens with zero attached hydrogens (tertiary/aromatic N) is 2. The first-order valence-corrected chi connectivity index (χ1v) is 4.78. The highest BCUT2D eigenvalue weighted by atomic mass is 16.6. The minimum atomic E-state index is -1.83. The third-order valence-electron chi connectivity index (χ3n) is 2.05. The molecule has 0 saturated heterocycles. The quantitative estimate of drug-likeness (QED) is 0.670. The lowest BCUT2D eigenvalue weighted by atomic mass is 10.2. The second-order valence-electron chi connectivity index (χ2n) is 3.25.